The van der Waals surface area contributed by atoms with Crippen molar-refractivity contribution in [1.29, 1.82) is 0 Å². The summed E-state index contributed by atoms with van der Waals surface area (Å²) < 4.78 is 0. The predicted octanol–water partition coefficient (Wildman–Crippen LogP) is 1.20. The highest BCUT2D eigenvalue weighted by atomic mass is 16.2. The van der Waals surface area contributed by atoms with Crippen molar-refractivity contribution in [3.05, 3.63) is 74.6 Å². The van der Waals surface area contributed by atoms with Gasteiger partial charge in [0.2, 0.25) is 0 Å². The van der Waals surface area contributed by atoms with Crippen molar-refractivity contribution in [2.75, 3.05) is 0 Å². The van der Waals surface area contributed by atoms with Gasteiger partial charge in [0.05, 0.1) is 11.0 Å². The molecule has 19 heavy (non-hydrogen) atoms. The zero-order valence-corrected chi connectivity index (χ0v) is 10.0. The van der Waals surface area contributed by atoms with E-state index in [9.17, 15) is 9.59 Å². The Labute approximate surface area is 108 Å². The van der Waals surface area contributed by atoms with Gasteiger partial charge in [-0.25, -0.2) is 0 Å². The first-order chi connectivity index (χ1) is 9.22. The monoisotopic (exact) mass is 253 g/mol. The van der Waals surface area contributed by atoms with Gasteiger partial charge in [0.1, 0.15) is 0 Å². The summed E-state index contributed by atoms with van der Waals surface area (Å²) in [6.07, 6.45) is 4.26. The van der Waals surface area contributed by atoms with Gasteiger partial charge in [-0.3, -0.25) is 14.6 Å². The van der Waals surface area contributed by atoms with Crippen LogP contribution in [-0.4, -0.2) is 15.0 Å². The van der Waals surface area contributed by atoms with Gasteiger partial charge in [-0.1, -0.05) is 12.1 Å². The molecule has 0 aliphatic rings. The average molecular weight is 253 g/mol. The molecule has 0 saturated carbocycles. The van der Waals surface area contributed by atoms with Gasteiger partial charge in [-0.2, -0.15) is 0 Å². The second-order valence-electron chi connectivity index (χ2n) is 4.33. The zero-order valence-electron chi connectivity index (χ0n) is 10.0. The minimum absolute atomic E-state index is 0.625. The van der Waals surface area contributed by atoms with Crippen LogP contribution in [0.1, 0.15) is 11.1 Å². The first-order valence-corrected chi connectivity index (χ1v) is 5.86. The third-order valence-electron chi connectivity index (χ3n) is 2.92. The van der Waals surface area contributed by atoms with Crippen LogP contribution in [0.25, 0.3) is 11.0 Å². The predicted molar refractivity (Wildman–Crippen MR) is 72.2 cm³/mol. The quantitative estimate of drug-likeness (QED) is 0.673. The number of aromatic amines is 2. The lowest BCUT2D eigenvalue weighted by Gasteiger charge is -2.03. The SMILES string of the molecule is O=c1[nH]c2ccc(Cc3cccnc3)cc2[nH]c1=O. The Balaban J connectivity index is 2.04. The van der Waals surface area contributed by atoms with Gasteiger partial charge in [0, 0.05) is 12.4 Å². The van der Waals surface area contributed by atoms with Gasteiger partial charge in [0.15, 0.2) is 0 Å². The van der Waals surface area contributed by atoms with E-state index in [4.69, 9.17) is 0 Å². The third-order valence-corrected chi connectivity index (χ3v) is 2.92. The summed E-state index contributed by atoms with van der Waals surface area (Å²) in [7, 11) is 0. The fourth-order valence-corrected chi connectivity index (χ4v) is 2.01. The highest BCUT2D eigenvalue weighted by molar-refractivity contribution is 5.74. The van der Waals surface area contributed by atoms with Gasteiger partial charge in [0.25, 0.3) is 0 Å². The van der Waals surface area contributed by atoms with E-state index in [1.54, 1.807) is 18.5 Å². The molecule has 0 fully saturated rings. The highest BCUT2D eigenvalue weighted by Crippen LogP contribution is 2.13. The van der Waals surface area contributed by atoms with Crippen LogP contribution in [0.3, 0.4) is 0 Å². The van der Waals surface area contributed by atoms with Crippen molar-refractivity contribution in [2.24, 2.45) is 0 Å². The molecule has 94 valence electrons. The number of hydrogen-bond acceptors (Lipinski definition) is 3. The van der Waals surface area contributed by atoms with Gasteiger partial charge in [-0.05, 0) is 35.7 Å². The molecular weight excluding hydrogens is 242 g/mol. The van der Waals surface area contributed by atoms with Crippen molar-refractivity contribution < 1.29 is 0 Å². The molecule has 0 atom stereocenters. The second-order valence-corrected chi connectivity index (χ2v) is 4.33. The fourth-order valence-electron chi connectivity index (χ4n) is 2.01. The first kappa shape index (κ1) is 11.4. The number of nitrogens with zero attached hydrogens (tertiary/aromatic N) is 1. The molecule has 5 nitrogen and oxygen atoms in total. The van der Waals surface area contributed by atoms with Crippen LogP contribution in [0, 0.1) is 0 Å². The van der Waals surface area contributed by atoms with E-state index in [2.05, 4.69) is 15.0 Å². The molecule has 0 aliphatic heterocycles. The van der Waals surface area contributed by atoms with E-state index in [0.717, 1.165) is 17.5 Å². The van der Waals surface area contributed by atoms with Crippen molar-refractivity contribution in [3.63, 3.8) is 0 Å². The Morgan fingerprint density at radius 1 is 0.947 bits per heavy atom. The van der Waals surface area contributed by atoms with Crippen LogP contribution in [0.5, 0.6) is 0 Å². The fraction of sp³-hybridized carbons (Fsp3) is 0.0714. The van der Waals surface area contributed by atoms with Crippen molar-refractivity contribution in [3.8, 4) is 0 Å². The lowest BCUT2D eigenvalue weighted by molar-refractivity contribution is 1.12. The van der Waals surface area contributed by atoms with Crippen molar-refractivity contribution >= 4 is 11.0 Å². The molecule has 3 rings (SSSR count). The normalized spacial score (nSPS) is 10.7. The van der Waals surface area contributed by atoms with Crippen LogP contribution in [-0.2, 0) is 6.42 Å². The topological polar surface area (TPSA) is 78.6 Å². The molecule has 5 heteroatoms. The second kappa shape index (κ2) is 4.53. The van der Waals surface area contributed by atoms with E-state index in [1.807, 2.05) is 24.3 Å². The third kappa shape index (κ3) is 2.30. The molecule has 2 N–H and O–H groups in total. The Hall–Kier alpha value is -2.69. The first-order valence-electron chi connectivity index (χ1n) is 5.86. The molecule has 0 unspecified atom stereocenters. The smallest absolute Gasteiger partial charge is 0.314 e. The highest BCUT2D eigenvalue weighted by Gasteiger charge is 2.02. The van der Waals surface area contributed by atoms with Gasteiger partial charge in [-0.15, -0.1) is 0 Å². The van der Waals surface area contributed by atoms with Crippen LogP contribution in [0.2, 0.25) is 0 Å². The van der Waals surface area contributed by atoms with Crippen molar-refractivity contribution in [2.45, 2.75) is 6.42 Å². The average Bonchev–Trinajstić information content (AvgIpc) is 2.42. The Kier molecular flexibility index (Phi) is 2.72. The van der Waals surface area contributed by atoms with Crippen LogP contribution in [0.4, 0.5) is 0 Å². The summed E-state index contributed by atoms with van der Waals surface area (Å²) >= 11 is 0. The summed E-state index contributed by atoms with van der Waals surface area (Å²) in [5.41, 5.74) is 2.13. The molecular formula is C14H11N3O2. The molecule has 3 aromatic rings. The standard InChI is InChI=1S/C14H11N3O2/c18-13-14(19)17-12-7-9(3-4-11(12)16-13)6-10-2-1-5-15-8-10/h1-5,7-8H,6H2,(H,16,18)(H,17,19). The molecule has 1 aromatic carbocycles. The maximum Gasteiger partial charge on any atom is 0.314 e. The molecule has 2 heterocycles. The molecule has 0 bridgehead atoms. The molecule has 0 saturated heterocycles. The van der Waals surface area contributed by atoms with Crippen LogP contribution >= 0.6 is 0 Å². The maximum absolute atomic E-state index is 11.3. The zero-order chi connectivity index (χ0) is 13.2. The molecule has 0 radical (unpaired) electrons. The summed E-state index contributed by atoms with van der Waals surface area (Å²) in [5.74, 6) is 0. The van der Waals surface area contributed by atoms with Gasteiger partial charge < -0.3 is 9.97 Å². The Bertz CT molecular complexity index is 834. The molecule has 2 aromatic heterocycles. The minimum Gasteiger partial charge on any atom is -0.316 e. The Morgan fingerprint density at radius 3 is 2.47 bits per heavy atom. The lowest BCUT2D eigenvalue weighted by Crippen LogP contribution is -2.28. The van der Waals surface area contributed by atoms with Crippen LogP contribution < -0.4 is 11.1 Å². The van der Waals surface area contributed by atoms with Crippen molar-refractivity contribution in [1.82, 2.24) is 15.0 Å². The van der Waals surface area contributed by atoms with Gasteiger partial charge >= 0.3 is 11.1 Å². The largest absolute Gasteiger partial charge is 0.316 e. The number of H-pyrrole nitrogens is 2. The van der Waals surface area contributed by atoms with E-state index in [0.29, 0.717) is 11.0 Å². The van der Waals surface area contributed by atoms with E-state index in [-0.39, 0.29) is 0 Å². The number of benzene rings is 1. The lowest BCUT2D eigenvalue weighted by atomic mass is 10.1. The minimum atomic E-state index is -0.633. The van der Waals surface area contributed by atoms with E-state index >= 15 is 0 Å². The van der Waals surface area contributed by atoms with E-state index in [1.165, 1.54) is 0 Å². The Morgan fingerprint density at radius 2 is 1.74 bits per heavy atom. The summed E-state index contributed by atoms with van der Waals surface area (Å²) in [4.78, 5) is 31.7. The summed E-state index contributed by atoms with van der Waals surface area (Å²) in [6, 6.07) is 9.45. The van der Waals surface area contributed by atoms with E-state index < -0.39 is 11.1 Å². The molecule has 0 amide bonds. The molecule has 0 spiro atoms. The number of aromatic nitrogens is 3. The molecule has 0 aliphatic carbocycles. The number of pyridine rings is 1. The van der Waals surface area contributed by atoms with Crippen LogP contribution in [0.15, 0.2) is 52.3 Å². The summed E-state index contributed by atoms with van der Waals surface area (Å²) in [5, 5.41) is 0. The maximum atomic E-state index is 11.3. The number of rotatable bonds is 2. The number of fused-ring (bicyclic) bond motifs is 1. The summed E-state index contributed by atoms with van der Waals surface area (Å²) in [6.45, 7) is 0. The number of hydrogen-bond donors (Lipinski definition) is 2. The number of nitrogens with one attached hydrogen (secondary N) is 2.